The topological polar surface area (TPSA) is 257 Å². The van der Waals surface area contributed by atoms with Gasteiger partial charge < -0.3 is 20.8 Å². The maximum absolute atomic E-state index is 13.6. The van der Waals surface area contributed by atoms with Gasteiger partial charge in [-0.3, -0.25) is 18.7 Å². The zero-order valence-electron chi connectivity index (χ0n) is 30.1. The van der Waals surface area contributed by atoms with Crippen molar-refractivity contribution in [1.82, 2.24) is 0 Å². The molecule has 0 fully saturated rings. The van der Waals surface area contributed by atoms with Gasteiger partial charge in [0.05, 0.1) is 53.7 Å². The molecule has 0 spiro atoms. The van der Waals surface area contributed by atoms with Gasteiger partial charge in [-0.2, -0.15) is 27.1 Å². The smallest absolute Gasteiger partial charge is 0.294 e. The third kappa shape index (κ3) is 8.78. The van der Waals surface area contributed by atoms with Crippen molar-refractivity contribution in [3.8, 4) is 11.5 Å². The van der Waals surface area contributed by atoms with E-state index in [1.165, 1.54) is 48.5 Å². The Bertz CT molecular complexity index is 2970. The van der Waals surface area contributed by atoms with Crippen LogP contribution >= 0.6 is 23.2 Å². The van der Waals surface area contributed by atoms with Gasteiger partial charge in [-0.1, -0.05) is 71.7 Å². The average molecular weight is 886 g/mol. The predicted molar refractivity (Wildman–Crippen MR) is 224 cm³/mol. The number of anilines is 2. The van der Waals surface area contributed by atoms with Crippen molar-refractivity contribution in [1.29, 1.82) is 0 Å². The molecule has 7 rings (SSSR count). The molecular weight excluding hydrogens is 860 g/mol. The number of nitrogens with one attached hydrogen (secondary N) is 2. The van der Waals surface area contributed by atoms with Crippen molar-refractivity contribution >= 4 is 111 Å². The lowest BCUT2D eigenvalue weighted by Crippen LogP contribution is -2.14. The minimum absolute atomic E-state index is 0.000182. The molecule has 302 valence electrons. The van der Waals surface area contributed by atoms with Crippen LogP contribution in [0.3, 0.4) is 0 Å². The molecule has 7 aromatic carbocycles. The second-order valence-electron chi connectivity index (χ2n) is 12.7. The number of rotatable bonds is 10. The molecule has 0 aliphatic rings. The highest BCUT2D eigenvalue weighted by atomic mass is 35.5. The number of fused-ring (bicyclic) bond motifs is 2. The lowest BCUT2D eigenvalue weighted by atomic mass is 10.0. The first-order valence-corrected chi connectivity index (χ1v) is 20.7. The standard InChI is InChI=1S/C40H26Cl2N6O10S2/c41-31-20-34(44-40(52)30-18-22-6-2-4-8-28(22)36(38(30)50)48-46-24-11-15-26(16-12-24)60(56,57)58)32(42)19-33(31)43-39(51)29-17-21-5-1-3-7-27(21)35(37(29)49)47-45-23-9-13-25(14-10-23)59(53,54)55/h1-20,49-50H,(H,43,51)(H,44,52)(H,53,54,55)(H,56,57,58)/b47-45+,48-46+. The Morgan fingerprint density at radius 3 is 1.20 bits per heavy atom. The van der Waals surface area contributed by atoms with Crippen LogP contribution in [0.15, 0.2) is 152 Å². The molecule has 0 aliphatic heterocycles. The molecule has 0 aromatic heterocycles. The lowest BCUT2D eigenvalue weighted by Gasteiger charge is -2.15. The Morgan fingerprint density at radius 2 is 0.850 bits per heavy atom. The van der Waals surface area contributed by atoms with Crippen LogP contribution in [0.25, 0.3) is 21.5 Å². The summed E-state index contributed by atoms with van der Waals surface area (Å²) in [5.41, 5.74) is -0.223. The van der Waals surface area contributed by atoms with Gasteiger partial charge in [0.2, 0.25) is 0 Å². The highest BCUT2D eigenvalue weighted by Gasteiger charge is 2.23. The molecule has 0 atom stereocenters. The summed E-state index contributed by atoms with van der Waals surface area (Å²) in [5, 5.41) is 45.9. The molecule has 0 saturated heterocycles. The summed E-state index contributed by atoms with van der Waals surface area (Å²) in [5.74, 6) is -2.72. The minimum atomic E-state index is -4.44. The lowest BCUT2D eigenvalue weighted by molar-refractivity contribution is 0.101. The van der Waals surface area contributed by atoms with E-state index in [-0.39, 0.29) is 65.1 Å². The van der Waals surface area contributed by atoms with Crippen LogP contribution < -0.4 is 10.6 Å². The van der Waals surface area contributed by atoms with Gasteiger partial charge in [0.1, 0.15) is 11.4 Å². The van der Waals surface area contributed by atoms with Gasteiger partial charge >= 0.3 is 0 Å². The summed E-state index contributed by atoms with van der Waals surface area (Å²) in [4.78, 5) is 26.6. The highest BCUT2D eigenvalue weighted by Crippen LogP contribution is 2.42. The van der Waals surface area contributed by atoms with Crippen molar-refractivity contribution in [2.45, 2.75) is 9.79 Å². The third-order valence-electron chi connectivity index (χ3n) is 8.83. The molecule has 2 amide bonds. The quantitative estimate of drug-likeness (QED) is 0.0559. The monoisotopic (exact) mass is 884 g/mol. The summed E-state index contributed by atoms with van der Waals surface area (Å²) in [6.07, 6.45) is 0. The number of benzene rings is 7. The van der Waals surface area contributed by atoms with Crippen LogP contribution in [-0.2, 0) is 20.2 Å². The van der Waals surface area contributed by atoms with Gasteiger partial charge in [0.25, 0.3) is 32.1 Å². The van der Waals surface area contributed by atoms with Gasteiger partial charge in [0.15, 0.2) is 11.5 Å². The van der Waals surface area contributed by atoms with E-state index in [0.29, 0.717) is 21.5 Å². The number of hydrogen-bond acceptors (Lipinski definition) is 12. The molecule has 6 N–H and O–H groups in total. The average Bonchev–Trinajstić information content (AvgIpc) is 3.21. The van der Waals surface area contributed by atoms with E-state index in [0.717, 1.165) is 24.3 Å². The summed E-state index contributed by atoms with van der Waals surface area (Å²) in [6, 6.07) is 28.5. The first-order valence-electron chi connectivity index (χ1n) is 17.1. The van der Waals surface area contributed by atoms with Crippen LogP contribution in [0, 0.1) is 0 Å². The fourth-order valence-electron chi connectivity index (χ4n) is 5.89. The maximum Gasteiger partial charge on any atom is 0.294 e. The SMILES string of the molecule is O=C(Nc1cc(Cl)c(NC(=O)c2cc3ccccc3c(/N=N/c3ccc(S(=O)(=O)O)cc3)c2O)cc1Cl)c1cc2ccccc2c(/N=N/c2ccc(S(=O)(=O)O)cc2)c1O. The molecule has 0 heterocycles. The van der Waals surface area contributed by atoms with Crippen LogP contribution in [0.2, 0.25) is 10.0 Å². The van der Waals surface area contributed by atoms with Crippen molar-refractivity contribution in [2.24, 2.45) is 20.5 Å². The first kappa shape index (κ1) is 41.4. The number of carbonyl (C=O) groups excluding carboxylic acids is 2. The molecule has 0 bridgehead atoms. The molecule has 0 unspecified atom stereocenters. The zero-order valence-corrected chi connectivity index (χ0v) is 33.3. The van der Waals surface area contributed by atoms with Crippen molar-refractivity contribution in [2.75, 3.05) is 10.6 Å². The molecular formula is C40H26Cl2N6O10S2. The number of hydrogen-bond donors (Lipinski definition) is 6. The number of nitrogens with zero attached hydrogens (tertiary/aromatic N) is 4. The first-order chi connectivity index (χ1) is 28.5. The van der Waals surface area contributed by atoms with E-state index >= 15 is 0 Å². The normalized spacial score (nSPS) is 12.1. The fourth-order valence-corrected chi connectivity index (χ4v) is 7.27. The van der Waals surface area contributed by atoms with E-state index in [4.69, 9.17) is 23.2 Å². The second kappa shape index (κ2) is 16.5. The summed E-state index contributed by atoms with van der Waals surface area (Å²) >= 11 is 13.1. The molecule has 60 heavy (non-hydrogen) atoms. The van der Waals surface area contributed by atoms with Crippen molar-refractivity contribution in [3.63, 3.8) is 0 Å². The number of carbonyl (C=O) groups is 2. The number of phenolic OH excluding ortho intramolecular Hbond substituents is 2. The van der Waals surface area contributed by atoms with Crippen molar-refractivity contribution < 1.29 is 45.7 Å². The largest absolute Gasteiger partial charge is 0.505 e. The molecule has 16 nitrogen and oxygen atoms in total. The Hall–Kier alpha value is -6.80. The van der Waals surface area contributed by atoms with Crippen LogP contribution in [-0.4, -0.2) is 48.0 Å². The Morgan fingerprint density at radius 1 is 0.500 bits per heavy atom. The van der Waals surface area contributed by atoms with Crippen molar-refractivity contribution in [3.05, 3.63) is 142 Å². The number of azo groups is 2. The number of aromatic hydroxyl groups is 2. The molecule has 0 saturated carbocycles. The molecule has 20 heteroatoms. The second-order valence-corrected chi connectivity index (χ2v) is 16.4. The highest BCUT2D eigenvalue weighted by molar-refractivity contribution is 7.86. The van der Waals surface area contributed by atoms with Gasteiger partial charge in [0, 0.05) is 10.8 Å². The minimum Gasteiger partial charge on any atom is -0.505 e. The Labute approximate surface area is 350 Å². The third-order valence-corrected chi connectivity index (χ3v) is 11.2. The predicted octanol–water partition coefficient (Wildman–Crippen LogP) is 10.5. The molecule has 7 aromatic rings. The van der Waals surface area contributed by atoms with Crippen LogP contribution in [0.4, 0.5) is 34.1 Å². The Balaban J connectivity index is 1.14. The fraction of sp³-hybridized carbons (Fsp3) is 0. The van der Waals surface area contributed by atoms with E-state index in [2.05, 4.69) is 31.1 Å². The Kier molecular flexibility index (Phi) is 11.3. The van der Waals surface area contributed by atoms with E-state index in [9.17, 15) is 45.7 Å². The van der Waals surface area contributed by atoms with Crippen LogP contribution in [0.1, 0.15) is 20.7 Å². The number of phenols is 2. The van der Waals surface area contributed by atoms with E-state index < -0.39 is 43.5 Å². The van der Waals surface area contributed by atoms with Gasteiger partial charge in [-0.15, -0.1) is 10.2 Å². The van der Waals surface area contributed by atoms with Gasteiger partial charge in [-0.05, 0) is 83.6 Å². The van der Waals surface area contributed by atoms with E-state index in [1.54, 1.807) is 48.5 Å². The van der Waals surface area contributed by atoms with E-state index in [1.807, 2.05) is 0 Å². The maximum atomic E-state index is 13.6. The zero-order chi connectivity index (χ0) is 42.9. The van der Waals surface area contributed by atoms with Crippen LogP contribution in [0.5, 0.6) is 11.5 Å². The molecule has 0 radical (unpaired) electrons. The number of amides is 2. The van der Waals surface area contributed by atoms with Gasteiger partial charge in [-0.25, -0.2) is 0 Å². The summed E-state index contributed by atoms with van der Waals surface area (Å²) in [6.45, 7) is 0. The molecule has 0 aliphatic carbocycles. The summed E-state index contributed by atoms with van der Waals surface area (Å²) in [7, 11) is -8.87. The summed E-state index contributed by atoms with van der Waals surface area (Å²) < 4.78 is 64.1. The number of halogens is 2.